The van der Waals surface area contributed by atoms with Gasteiger partial charge in [0.25, 0.3) is 5.91 Å². The summed E-state index contributed by atoms with van der Waals surface area (Å²) in [4.78, 5) is 24.1. The van der Waals surface area contributed by atoms with Gasteiger partial charge < -0.3 is 9.47 Å². The molecule has 23 heavy (non-hydrogen) atoms. The van der Waals surface area contributed by atoms with Crippen molar-refractivity contribution >= 4 is 28.8 Å². The Balaban J connectivity index is 1.59. The van der Waals surface area contributed by atoms with Crippen molar-refractivity contribution in [1.29, 1.82) is 0 Å². The number of nitrogens with zero attached hydrogens (tertiary/aromatic N) is 4. The van der Waals surface area contributed by atoms with E-state index in [1.165, 1.54) is 4.88 Å². The molecule has 0 aromatic carbocycles. The van der Waals surface area contributed by atoms with Gasteiger partial charge >= 0.3 is 0 Å². The molecule has 0 bridgehead atoms. The number of pyridine rings is 1. The number of amides is 1. The molecule has 0 aliphatic carbocycles. The van der Waals surface area contributed by atoms with Crippen LogP contribution in [0, 0.1) is 0 Å². The molecule has 4 rings (SSSR count). The average Bonchev–Trinajstić information content (AvgIpc) is 3.22. The molecule has 4 heterocycles. The number of rotatable bonds is 2. The second kappa shape index (κ2) is 5.79. The Morgan fingerprint density at radius 2 is 2.13 bits per heavy atom. The van der Waals surface area contributed by atoms with Gasteiger partial charge in [-0.1, -0.05) is 23.7 Å². The van der Waals surface area contributed by atoms with Crippen LogP contribution in [0.5, 0.6) is 0 Å². The number of hydrogen-bond donors (Lipinski definition) is 0. The van der Waals surface area contributed by atoms with Gasteiger partial charge in [-0.2, -0.15) is 0 Å². The topological polar surface area (TPSA) is 51.0 Å². The first-order chi connectivity index (χ1) is 11.2. The normalized spacial score (nSPS) is 13.9. The molecule has 0 radical (unpaired) electrons. The summed E-state index contributed by atoms with van der Waals surface area (Å²) in [6, 6.07) is 9.20. The molecule has 3 aromatic rings. The summed E-state index contributed by atoms with van der Waals surface area (Å²) in [6.07, 6.45) is 1.88. The highest BCUT2D eigenvalue weighted by Crippen LogP contribution is 2.28. The minimum atomic E-state index is -0.112. The zero-order valence-electron chi connectivity index (χ0n) is 12.1. The van der Waals surface area contributed by atoms with E-state index in [0.717, 1.165) is 18.1 Å². The Bertz CT molecular complexity index is 859. The third-order valence-electron chi connectivity index (χ3n) is 3.86. The van der Waals surface area contributed by atoms with E-state index in [9.17, 15) is 4.79 Å². The van der Waals surface area contributed by atoms with Gasteiger partial charge in [0.05, 0.1) is 23.3 Å². The van der Waals surface area contributed by atoms with Crippen molar-refractivity contribution in [1.82, 2.24) is 19.4 Å². The Labute approximate surface area is 142 Å². The predicted octanol–water partition coefficient (Wildman–Crippen LogP) is 3.32. The third kappa shape index (κ3) is 2.64. The molecule has 5 nitrogen and oxygen atoms in total. The van der Waals surface area contributed by atoms with E-state index in [2.05, 4.69) is 26.0 Å². The minimum Gasteiger partial charge on any atom is -0.328 e. The van der Waals surface area contributed by atoms with Crippen molar-refractivity contribution in [2.75, 3.05) is 6.54 Å². The maximum absolute atomic E-state index is 12.6. The van der Waals surface area contributed by atoms with Gasteiger partial charge in [0.2, 0.25) is 0 Å². The Morgan fingerprint density at radius 1 is 1.22 bits per heavy atom. The van der Waals surface area contributed by atoms with Gasteiger partial charge in [-0.05, 0) is 23.6 Å². The zero-order chi connectivity index (χ0) is 15.8. The second-order valence-corrected chi connectivity index (χ2v) is 6.60. The molecule has 3 aromatic heterocycles. The highest BCUT2D eigenvalue weighted by molar-refractivity contribution is 7.13. The van der Waals surface area contributed by atoms with Crippen molar-refractivity contribution in [2.45, 2.75) is 13.1 Å². The van der Waals surface area contributed by atoms with Crippen LogP contribution in [-0.4, -0.2) is 31.9 Å². The minimum absolute atomic E-state index is 0.112. The Kier molecular flexibility index (Phi) is 3.63. The second-order valence-electron chi connectivity index (χ2n) is 5.26. The number of aromatic nitrogens is 3. The van der Waals surface area contributed by atoms with Crippen molar-refractivity contribution in [2.24, 2.45) is 0 Å². The van der Waals surface area contributed by atoms with Crippen LogP contribution in [0.3, 0.4) is 0 Å². The first kappa shape index (κ1) is 14.4. The lowest BCUT2D eigenvalue weighted by atomic mass is 10.2. The first-order valence-electron chi connectivity index (χ1n) is 7.22. The third-order valence-corrected chi connectivity index (χ3v) is 4.96. The number of thiophene rings is 1. The molecule has 116 valence electrons. The van der Waals surface area contributed by atoms with E-state index in [1.807, 2.05) is 12.3 Å². The number of carbonyl (C=O) groups is 1. The molecule has 1 aliphatic heterocycles. The quantitative estimate of drug-likeness (QED) is 0.670. The lowest BCUT2D eigenvalue weighted by Crippen LogP contribution is -2.38. The molecule has 0 atom stereocenters. The summed E-state index contributed by atoms with van der Waals surface area (Å²) in [6.45, 7) is 1.85. The van der Waals surface area contributed by atoms with Crippen LogP contribution in [-0.2, 0) is 13.1 Å². The average molecular weight is 345 g/mol. The number of halogens is 1. The fourth-order valence-corrected chi connectivity index (χ4v) is 3.65. The van der Waals surface area contributed by atoms with Crippen LogP contribution in [0.2, 0.25) is 5.15 Å². The summed E-state index contributed by atoms with van der Waals surface area (Å²) in [5.74, 6) is 0.787. The van der Waals surface area contributed by atoms with Gasteiger partial charge in [-0.15, -0.1) is 11.3 Å². The van der Waals surface area contributed by atoms with Gasteiger partial charge in [0.1, 0.15) is 16.7 Å². The van der Waals surface area contributed by atoms with Crippen molar-refractivity contribution in [3.63, 3.8) is 0 Å². The highest BCUT2D eigenvalue weighted by Gasteiger charge is 2.25. The summed E-state index contributed by atoms with van der Waals surface area (Å²) in [7, 11) is 0. The standard InChI is InChI=1S/C16H13ClN4OS/c17-14-5-1-3-11(19-14)16(22)20-6-7-21-12(9-18-15(21)10-20)13-4-2-8-23-13/h1-5,8-9H,6-7,10H2. The van der Waals surface area contributed by atoms with Crippen molar-refractivity contribution in [3.8, 4) is 10.6 Å². The van der Waals surface area contributed by atoms with Crippen molar-refractivity contribution in [3.05, 3.63) is 58.6 Å². The van der Waals surface area contributed by atoms with Gasteiger partial charge in [0.15, 0.2) is 0 Å². The van der Waals surface area contributed by atoms with E-state index >= 15 is 0 Å². The summed E-state index contributed by atoms with van der Waals surface area (Å²) in [5.41, 5.74) is 1.49. The maximum Gasteiger partial charge on any atom is 0.272 e. The molecule has 0 fully saturated rings. The van der Waals surface area contributed by atoms with Gasteiger partial charge in [-0.25, -0.2) is 9.97 Å². The number of imidazole rings is 1. The predicted molar refractivity (Wildman–Crippen MR) is 89.5 cm³/mol. The molecule has 1 amide bonds. The molecule has 0 unspecified atom stereocenters. The fourth-order valence-electron chi connectivity index (χ4n) is 2.74. The van der Waals surface area contributed by atoms with E-state index in [-0.39, 0.29) is 5.91 Å². The van der Waals surface area contributed by atoms with Crippen LogP contribution >= 0.6 is 22.9 Å². The van der Waals surface area contributed by atoms with E-state index in [1.54, 1.807) is 34.4 Å². The number of fused-ring (bicyclic) bond motifs is 1. The summed E-state index contributed by atoms with van der Waals surface area (Å²) < 4.78 is 2.18. The molecular formula is C16H13ClN4OS. The van der Waals surface area contributed by atoms with Crippen LogP contribution in [0.1, 0.15) is 16.3 Å². The zero-order valence-corrected chi connectivity index (χ0v) is 13.7. The van der Waals surface area contributed by atoms with Crippen LogP contribution < -0.4 is 0 Å². The van der Waals surface area contributed by atoms with Crippen LogP contribution in [0.15, 0.2) is 41.9 Å². The number of hydrogen-bond acceptors (Lipinski definition) is 4. The van der Waals surface area contributed by atoms with E-state index in [0.29, 0.717) is 23.9 Å². The molecule has 0 spiro atoms. The SMILES string of the molecule is O=C(c1cccc(Cl)n1)N1CCn2c(-c3cccs3)cnc2C1. The fraction of sp³-hybridized carbons (Fsp3) is 0.188. The van der Waals surface area contributed by atoms with Crippen molar-refractivity contribution < 1.29 is 4.79 Å². The number of carbonyl (C=O) groups excluding carboxylic acids is 1. The van der Waals surface area contributed by atoms with Gasteiger partial charge in [-0.3, -0.25) is 4.79 Å². The molecule has 0 saturated heterocycles. The Hall–Kier alpha value is -2.18. The van der Waals surface area contributed by atoms with Gasteiger partial charge in [0, 0.05) is 13.1 Å². The molecule has 0 N–H and O–H groups in total. The van der Waals surface area contributed by atoms with E-state index in [4.69, 9.17) is 11.6 Å². The first-order valence-corrected chi connectivity index (χ1v) is 8.48. The molecule has 1 aliphatic rings. The largest absolute Gasteiger partial charge is 0.328 e. The summed E-state index contributed by atoms with van der Waals surface area (Å²) >= 11 is 7.57. The summed E-state index contributed by atoms with van der Waals surface area (Å²) in [5, 5.41) is 2.38. The van der Waals surface area contributed by atoms with Crippen LogP contribution in [0.4, 0.5) is 0 Å². The lowest BCUT2D eigenvalue weighted by Gasteiger charge is -2.28. The smallest absolute Gasteiger partial charge is 0.272 e. The lowest BCUT2D eigenvalue weighted by molar-refractivity contribution is 0.0702. The molecular weight excluding hydrogens is 332 g/mol. The van der Waals surface area contributed by atoms with Crippen LogP contribution in [0.25, 0.3) is 10.6 Å². The van der Waals surface area contributed by atoms with E-state index < -0.39 is 0 Å². The molecule has 7 heteroatoms. The monoisotopic (exact) mass is 344 g/mol. The highest BCUT2D eigenvalue weighted by atomic mass is 35.5. The maximum atomic E-state index is 12.6. The Morgan fingerprint density at radius 3 is 2.91 bits per heavy atom. The molecule has 0 saturated carbocycles.